The van der Waals surface area contributed by atoms with Crippen LogP contribution in [0.1, 0.15) is 11.1 Å². The molecule has 0 aliphatic rings. The minimum atomic E-state index is -4.75. The van der Waals surface area contributed by atoms with E-state index < -0.39 is 66.2 Å². The molecule has 14 heteroatoms. The molecule has 0 saturated carbocycles. The zero-order chi connectivity index (χ0) is 28.2. The predicted octanol–water partition coefficient (Wildman–Crippen LogP) is 7.13. The van der Waals surface area contributed by atoms with Gasteiger partial charge in [-0.3, -0.25) is 0 Å². The molecule has 0 aliphatic carbocycles. The van der Waals surface area contributed by atoms with E-state index in [1.54, 1.807) is 30.3 Å². The molecule has 0 saturated heterocycles. The molecule has 204 valence electrons. The minimum absolute atomic E-state index is 0.141. The Morgan fingerprint density at radius 1 is 0.718 bits per heavy atom. The number of nitrogens with zero attached hydrogens (tertiary/aromatic N) is 3. The summed E-state index contributed by atoms with van der Waals surface area (Å²) in [6.07, 6.45) is -9.41. The Labute approximate surface area is 215 Å². The van der Waals surface area contributed by atoms with E-state index >= 15 is 0 Å². The zero-order valence-electron chi connectivity index (χ0n) is 19.5. The van der Waals surface area contributed by atoms with Crippen LogP contribution in [0.25, 0.3) is 11.1 Å². The van der Waals surface area contributed by atoms with Crippen LogP contribution in [0.2, 0.25) is 0 Å². The summed E-state index contributed by atoms with van der Waals surface area (Å²) in [4.78, 5) is 11.2. The Morgan fingerprint density at radius 3 is 2.03 bits per heavy atom. The molecule has 0 radical (unpaired) electrons. The molecule has 39 heavy (non-hydrogen) atoms. The van der Waals surface area contributed by atoms with Crippen LogP contribution < -0.4 is 15.4 Å². The fourth-order valence-electron chi connectivity index (χ4n) is 3.34. The van der Waals surface area contributed by atoms with Crippen molar-refractivity contribution in [1.82, 2.24) is 15.0 Å². The molecule has 0 spiro atoms. The first-order chi connectivity index (χ1) is 18.4. The van der Waals surface area contributed by atoms with Gasteiger partial charge in [-0.1, -0.05) is 36.4 Å². The van der Waals surface area contributed by atoms with E-state index in [9.17, 15) is 35.1 Å². The second kappa shape index (κ2) is 11.1. The number of aromatic nitrogens is 3. The van der Waals surface area contributed by atoms with Gasteiger partial charge in [0.25, 0.3) is 0 Å². The van der Waals surface area contributed by atoms with Crippen molar-refractivity contribution in [2.24, 2.45) is 0 Å². The van der Waals surface area contributed by atoms with Crippen molar-refractivity contribution in [1.29, 1.82) is 0 Å². The molecule has 0 fully saturated rings. The van der Waals surface area contributed by atoms with Crippen LogP contribution in [-0.2, 0) is 12.7 Å². The number of rotatable bonds is 8. The molecule has 0 bridgehead atoms. The first-order valence-electron chi connectivity index (χ1n) is 11.0. The summed E-state index contributed by atoms with van der Waals surface area (Å²) in [5.41, 5.74) is -0.704. The summed E-state index contributed by atoms with van der Waals surface area (Å²) < 4.78 is 111. The molecule has 4 rings (SSSR count). The summed E-state index contributed by atoms with van der Waals surface area (Å²) in [7, 11) is 0. The minimum Gasteiger partial charge on any atom is -0.454 e. The molecule has 2 N–H and O–H groups in total. The van der Waals surface area contributed by atoms with E-state index in [2.05, 4.69) is 30.3 Å². The molecule has 4 aromatic rings. The fourth-order valence-corrected chi connectivity index (χ4v) is 3.34. The van der Waals surface area contributed by atoms with E-state index in [-0.39, 0.29) is 11.3 Å². The maximum absolute atomic E-state index is 14.7. The van der Waals surface area contributed by atoms with Gasteiger partial charge in [-0.2, -0.15) is 41.3 Å². The highest BCUT2D eigenvalue weighted by Crippen LogP contribution is 2.31. The topological polar surface area (TPSA) is 72.0 Å². The highest BCUT2D eigenvalue weighted by atomic mass is 19.4. The third-order valence-electron chi connectivity index (χ3n) is 5.10. The molecule has 6 nitrogen and oxygen atoms in total. The van der Waals surface area contributed by atoms with Crippen molar-refractivity contribution >= 4 is 17.6 Å². The van der Waals surface area contributed by atoms with Crippen molar-refractivity contribution < 1.29 is 39.9 Å². The van der Waals surface area contributed by atoms with Crippen molar-refractivity contribution in [3.8, 4) is 17.1 Å². The molecule has 0 amide bonds. The van der Waals surface area contributed by atoms with Gasteiger partial charge in [-0.05, 0) is 41.5 Å². The van der Waals surface area contributed by atoms with Gasteiger partial charge in [-0.25, -0.2) is 8.78 Å². The second-order valence-corrected chi connectivity index (χ2v) is 8.01. The van der Waals surface area contributed by atoms with Crippen molar-refractivity contribution in [3.05, 3.63) is 89.5 Å². The average Bonchev–Trinajstić information content (AvgIpc) is 2.87. The van der Waals surface area contributed by atoms with Crippen molar-refractivity contribution in [3.63, 3.8) is 0 Å². The van der Waals surface area contributed by atoms with Crippen LogP contribution in [-0.4, -0.2) is 27.7 Å². The normalized spacial score (nSPS) is 11.8. The van der Waals surface area contributed by atoms with E-state index in [0.717, 1.165) is 30.3 Å². The first kappa shape index (κ1) is 27.5. The maximum atomic E-state index is 14.7. The van der Waals surface area contributed by atoms with Gasteiger partial charge in [0.2, 0.25) is 11.9 Å². The summed E-state index contributed by atoms with van der Waals surface area (Å²) in [6, 6.07) is 13.7. The lowest BCUT2D eigenvalue weighted by Crippen LogP contribution is -2.21. The van der Waals surface area contributed by atoms with E-state index in [4.69, 9.17) is 0 Å². The highest BCUT2D eigenvalue weighted by molar-refractivity contribution is 5.64. The molecule has 0 unspecified atom stereocenters. The van der Waals surface area contributed by atoms with Crippen LogP contribution in [0, 0.1) is 11.6 Å². The van der Waals surface area contributed by atoms with Crippen LogP contribution in [0.3, 0.4) is 0 Å². The molecule has 0 aliphatic heterocycles. The van der Waals surface area contributed by atoms with Gasteiger partial charge < -0.3 is 15.4 Å². The van der Waals surface area contributed by atoms with Gasteiger partial charge >= 0.3 is 18.4 Å². The lowest BCUT2D eigenvalue weighted by atomic mass is 10.0. The number of halogens is 8. The summed E-state index contributed by atoms with van der Waals surface area (Å²) in [6.45, 7) is -2.30. The Kier molecular flexibility index (Phi) is 7.83. The summed E-state index contributed by atoms with van der Waals surface area (Å²) >= 11 is 0. The quantitative estimate of drug-likeness (QED) is 0.226. The van der Waals surface area contributed by atoms with Gasteiger partial charge in [-0.15, -0.1) is 0 Å². The molecular weight excluding hydrogens is 538 g/mol. The third-order valence-corrected chi connectivity index (χ3v) is 5.10. The van der Waals surface area contributed by atoms with E-state index in [0.29, 0.717) is 5.56 Å². The predicted molar refractivity (Wildman–Crippen MR) is 125 cm³/mol. The van der Waals surface area contributed by atoms with Gasteiger partial charge in [0.15, 0.2) is 6.61 Å². The Bertz CT molecular complexity index is 1420. The van der Waals surface area contributed by atoms with Crippen molar-refractivity contribution in [2.45, 2.75) is 18.9 Å². The van der Waals surface area contributed by atoms with Crippen LogP contribution in [0.15, 0.2) is 66.7 Å². The molecular formula is C25H17F8N5O. The number of benzene rings is 3. The van der Waals surface area contributed by atoms with E-state index in [1.165, 1.54) is 6.07 Å². The summed E-state index contributed by atoms with van der Waals surface area (Å²) in [5.74, 6) is -2.76. The van der Waals surface area contributed by atoms with E-state index in [1.807, 2.05) is 0 Å². The monoisotopic (exact) mass is 555 g/mol. The molecule has 3 aromatic carbocycles. The number of hydrogen-bond donors (Lipinski definition) is 2. The molecule has 0 atom stereocenters. The number of anilines is 3. The largest absolute Gasteiger partial charge is 0.454 e. The third kappa shape index (κ3) is 7.52. The van der Waals surface area contributed by atoms with Crippen molar-refractivity contribution in [2.75, 3.05) is 17.2 Å². The van der Waals surface area contributed by atoms with Crippen LogP contribution in [0.5, 0.6) is 6.01 Å². The lowest BCUT2D eigenvalue weighted by Gasteiger charge is -2.13. The lowest BCUT2D eigenvalue weighted by molar-refractivity contribution is -0.154. The molecule has 1 aromatic heterocycles. The standard InChI is InChI=1S/C25H17F8N5O/c26-19-9-15(14-5-2-1-3-6-14)10-20(27)18(19)12-34-21-36-22(38-23(37-21)39-13-24(28,29)30)35-17-8-4-7-16(11-17)25(31,32)33/h1-11H,12-13H2,(H2,34,35,36,37,38). The number of hydrogen-bond acceptors (Lipinski definition) is 6. The van der Waals surface area contributed by atoms with Crippen LogP contribution >= 0.6 is 0 Å². The van der Waals surface area contributed by atoms with Gasteiger partial charge in [0.1, 0.15) is 11.6 Å². The fraction of sp³-hybridized carbons (Fsp3) is 0.160. The zero-order valence-corrected chi connectivity index (χ0v) is 19.5. The Morgan fingerprint density at radius 2 is 1.38 bits per heavy atom. The molecule has 1 heterocycles. The second-order valence-electron chi connectivity index (χ2n) is 8.01. The van der Waals surface area contributed by atoms with Gasteiger partial charge in [0, 0.05) is 17.8 Å². The van der Waals surface area contributed by atoms with Gasteiger partial charge in [0.05, 0.1) is 5.56 Å². The maximum Gasteiger partial charge on any atom is 0.422 e. The smallest absolute Gasteiger partial charge is 0.422 e. The summed E-state index contributed by atoms with van der Waals surface area (Å²) in [5, 5.41) is 4.91. The average molecular weight is 555 g/mol. The van der Waals surface area contributed by atoms with Crippen LogP contribution in [0.4, 0.5) is 52.7 Å². The first-order valence-corrected chi connectivity index (χ1v) is 11.0. The number of alkyl halides is 6. The SMILES string of the molecule is Fc1cc(-c2ccccc2)cc(F)c1CNc1nc(Nc2cccc(C(F)(F)F)c2)nc(OCC(F)(F)F)n1. The Hall–Kier alpha value is -4.49. The number of ether oxygens (including phenoxy) is 1. The number of nitrogens with one attached hydrogen (secondary N) is 2. The highest BCUT2D eigenvalue weighted by Gasteiger charge is 2.31. The Balaban J connectivity index is 1.59.